The summed E-state index contributed by atoms with van der Waals surface area (Å²) in [5.74, 6) is -57.9. The van der Waals surface area contributed by atoms with Crippen molar-refractivity contribution in [3.8, 4) is 0 Å². The number of rotatable bonds is 11. The first-order valence-corrected chi connectivity index (χ1v) is 7.77. The molecule has 20 heteroatoms. The molecule has 33 heavy (non-hydrogen) atoms. The lowest BCUT2D eigenvalue weighted by molar-refractivity contribution is -0.461. The number of alkyl halides is 17. The summed E-state index contributed by atoms with van der Waals surface area (Å²) in [7, 11) is 0. The van der Waals surface area contributed by atoms with Gasteiger partial charge in [0, 0.05) is 6.42 Å². The molecule has 0 bridgehead atoms. The number of hydrogen-bond donors (Lipinski definition) is 1. The second kappa shape index (κ2) is 8.79. The van der Waals surface area contributed by atoms with Crippen molar-refractivity contribution < 1.29 is 84.2 Å². The van der Waals surface area contributed by atoms with E-state index in [2.05, 4.69) is 10.5 Å². The minimum atomic E-state index is -8.65. The van der Waals surface area contributed by atoms with Crippen molar-refractivity contribution in [2.24, 2.45) is 5.73 Å². The Balaban J connectivity index is 6.24. The van der Waals surface area contributed by atoms with E-state index >= 15 is 0 Å². The molecule has 2 N–H and O–H groups in total. The molecule has 0 aliphatic carbocycles. The first kappa shape index (κ1) is 31.2. The maximum absolute atomic E-state index is 13.5. The first-order chi connectivity index (χ1) is 14.2. The van der Waals surface area contributed by atoms with E-state index in [1.165, 1.54) is 0 Å². The van der Waals surface area contributed by atoms with Gasteiger partial charge < -0.3 is 10.5 Å². The Bertz CT molecular complexity index is 700. The number of esters is 1. The molecular weight excluding hydrogens is 525 g/mol. The van der Waals surface area contributed by atoms with Crippen LogP contribution in [0.15, 0.2) is 0 Å². The molecule has 0 rings (SSSR count). The zero-order valence-electron chi connectivity index (χ0n) is 15.1. The average molecular weight is 535 g/mol. The lowest BCUT2D eigenvalue weighted by Gasteiger charge is -2.42. The van der Waals surface area contributed by atoms with Crippen LogP contribution >= 0.6 is 0 Å². The third-order valence-electron chi connectivity index (χ3n) is 3.85. The van der Waals surface area contributed by atoms with E-state index in [-0.39, 0.29) is 0 Å². The summed E-state index contributed by atoms with van der Waals surface area (Å²) in [5, 5.41) is 0. The number of carbonyl (C=O) groups is 1. The van der Waals surface area contributed by atoms with Crippen LogP contribution < -0.4 is 5.73 Å². The highest BCUT2D eigenvalue weighted by Crippen LogP contribution is 2.64. The number of ether oxygens (including phenoxy) is 1. The summed E-state index contributed by atoms with van der Waals surface area (Å²) in [5.41, 5.74) is 4.67. The van der Waals surface area contributed by atoms with Crippen LogP contribution in [-0.4, -0.2) is 66.8 Å². The van der Waals surface area contributed by atoms with Crippen molar-refractivity contribution in [3.63, 3.8) is 0 Å². The van der Waals surface area contributed by atoms with Gasteiger partial charge in [0.2, 0.25) is 0 Å². The van der Waals surface area contributed by atoms with Crippen LogP contribution in [0.25, 0.3) is 0 Å². The van der Waals surface area contributed by atoms with Gasteiger partial charge in [-0.15, -0.1) is 0 Å². The van der Waals surface area contributed by atoms with Gasteiger partial charge in [-0.3, -0.25) is 4.79 Å². The summed E-state index contributed by atoms with van der Waals surface area (Å²) in [6, 6.07) is 0. The Morgan fingerprint density at radius 3 is 1.24 bits per heavy atom. The topological polar surface area (TPSA) is 52.3 Å². The predicted octanol–water partition coefficient (Wildman–Crippen LogP) is 5.28. The third kappa shape index (κ3) is 4.75. The summed E-state index contributed by atoms with van der Waals surface area (Å²) >= 11 is 0. The fourth-order valence-electron chi connectivity index (χ4n) is 1.89. The molecule has 0 amide bonds. The molecule has 0 atom stereocenters. The molecule has 0 aromatic rings. The van der Waals surface area contributed by atoms with Crippen LogP contribution in [0.2, 0.25) is 0 Å². The van der Waals surface area contributed by atoms with Gasteiger partial charge in [-0.1, -0.05) is 0 Å². The van der Waals surface area contributed by atoms with E-state index in [0.717, 1.165) is 0 Å². The van der Waals surface area contributed by atoms with Gasteiger partial charge in [-0.25, -0.2) is 0 Å². The molecule has 0 aliphatic rings. The Morgan fingerprint density at radius 2 is 0.909 bits per heavy atom. The van der Waals surface area contributed by atoms with E-state index < -0.39 is 79.6 Å². The molecule has 0 saturated carbocycles. The molecule has 198 valence electrons. The zero-order valence-corrected chi connectivity index (χ0v) is 15.1. The highest BCUT2D eigenvalue weighted by atomic mass is 19.4. The molecule has 0 aromatic carbocycles. The monoisotopic (exact) mass is 535 g/mol. The first-order valence-electron chi connectivity index (χ1n) is 7.77. The van der Waals surface area contributed by atoms with Crippen LogP contribution in [0.1, 0.15) is 12.8 Å². The smallest absolute Gasteiger partial charge is 0.460 e. The van der Waals surface area contributed by atoms with E-state index in [1.807, 2.05) is 0 Å². The summed E-state index contributed by atoms with van der Waals surface area (Å²) in [6.07, 6.45) is -12.0. The Labute approximate surface area is 171 Å². The lowest BCUT2D eigenvalue weighted by atomic mass is 9.88. The summed E-state index contributed by atoms with van der Waals surface area (Å²) in [4.78, 5) is 10.6. The van der Waals surface area contributed by atoms with Crippen LogP contribution in [0, 0.1) is 0 Å². The second-order valence-electron chi connectivity index (χ2n) is 6.18. The largest absolute Gasteiger partial charge is 0.465 e. The number of hydrogen-bond acceptors (Lipinski definition) is 3. The lowest BCUT2D eigenvalue weighted by Crippen LogP contribution is -2.74. The van der Waals surface area contributed by atoms with Gasteiger partial charge in [0.05, 0.1) is 13.2 Å². The van der Waals surface area contributed by atoms with Crippen LogP contribution in [0.5, 0.6) is 0 Å². The number of carbonyl (C=O) groups excluding carboxylic acids is 1. The minimum absolute atomic E-state index is 0.900. The minimum Gasteiger partial charge on any atom is -0.465 e. The maximum Gasteiger partial charge on any atom is 0.460 e. The normalized spacial score (nSPS) is 15.6. The highest BCUT2D eigenvalue weighted by Gasteiger charge is 2.95. The zero-order chi connectivity index (χ0) is 27.1. The Morgan fingerprint density at radius 1 is 0.576 bits per heavy atom. The van der Waals surface area contributed by atoms with Crippen molar-refractivity contribution in [2.75, 3.05) is 13.2 Å². The summed E-state index contributed by atoms with van der Waals surface area (Å²) < 4.78 is 225. The van der Waals surface area contributed by atoms with Gasteiger partial charge in [0.1, 0.15) is 0 Å². The van der Waals surface area contributed by atoms with Crippen molar-refractivity contribution in [1.82, 2.24) is 0 Å². The Hall–Kier alpha value is -1.76. The van der Waals surface area contributed by atoms with Crippen molar-refractivity contribution in [1.29, 1.82) is 0 Å². The highest BCUT2D eigenvalue weighted by molar-refractivity contribution is 5.71. The molecule has 0 fully saturated rings. The van der Waals surface area contributed by atoms with E-state index in [4.69, 9.17) is 0 Å². The van der Waals surface area contributed by atoms with Gasteiger partial charge in [0.25, 0.3) is 0 Å². The molecule has 3 nitrogen and oxygen atoms in total. The average Bonchev–Trinajstić information content (AvgIpc) is 2.62. The van der Waals surface area contributed by atoms with E-state index in [1.54, 1.807) is 0 Å². The third-order valence-corrected chi connectivity index (χ3v) is 3.85. The van der Waals surface area contributed by atoms with E-state index in [0.29, 0.717) is 0 Å². The van der Waals surface area contributed by atoms with Gasteiger partial charge in [-0.2, -0.15) is 74.6 Å². The summed E-state index contributed by atoms with van der Waals surface area (Å²) in [6.45, 7) is -2.20. The van der Waals surface area contributed by atoms with Crippen LogP contribution in [0.3, 0.4) is 0 Å². The van der Waals surface area contributed by atoms with Crippen LogP contribution in [-0.2, 0) is 9.53 Å². The van der Waals surface area contributed by atoms with Crippen molar-refractivity contribution >= 4 is 5.97 Å². The molecule has 0 radical (unpaired) electrons. The van der Waals surface area contributed by atoms with Gasteiger partial charge in [-0.05, 0) is 6.42 Å². The molecule has 0 saturated heterocycles. The number of nitrogens with two attached hydrogens (primary N) is 1. The van der Waals surface area contributed by atoms with Gasteiger partial charge >= 0.3 is 53.6 Å². The molecule has 0 spiro atoms. The van der Waals surface area contributed by atoms with E-state index in [9.17, 15) is 79.4 Å². The molecular formula is C13H10F17NO2. The quantitative estimate of drug-likeness (QED) is 0.223. The second-order valence-corrected chi connectivity index (χ2v) is 6.18. The fourth-order valence-corrected chi connectivity index (χ4v) is 1.89. The molecule has 0 unspecified atom stereocenters. The predicted molar refractivity (Wildman–Crippen MR) is 69.9 cm³/mol. The fraction of sp³-hybridized carbons (Fsp3) is 0.923. The standard InChI is InChI=1S/C13H10F17NO2/c14-6(15,2-1-3-33-5(32)4-31)7(16,17)8(18,19)9(20,21)10(22,23)11(24,25)12(26,27)13(28,29)30/h1-4,31H2. The molecule has 0 aliphatic heterocycles. The maximum atomic E-state index is 13.5. The molecule has 0 heterocycles. The molecule has 0 aromatic heterocycles. The number of halogens is 17. The Kier molecular flexibility index (Phi) is 8.32. The van der Waals surface area contributed by atoms with Crippen molar-refractivity contribution in [3.05, 3.63) is 0 Å². The van der Waals surface area contributed by atoms with Crippen LogP contribution in [0.4, 0.5) is 74.6 Å². The van der Waals surface area contributed by atoms with Crippen molar-refractivity contribution in [2.45, 2.75) is 60.5 Å². The SMILES string of the molecule is NCC(=O)OCCCC(F)(F)C(F)(F)C(F)(F)C(F)(F)C(F)(F)C(F)(F)C(F)(F)C(F)(F)F. The van der Waals surface area contributed by atoms with Gasteiger partial charge in [0.15, 0.2) is 0 Å².